The molecular weight excluding hydrogens is 316 g/mol. The van der Waals surface area contributed by atoms with Gasteiger partial charge in [-0.15, -0.1) is 6.58 Å². The van der Waals surface area contributed by atoms with Gasteiger partial charge in [-0.05, 0) is 41.5 Å². The SMILES string of the molecule is C=CCc1ccc(C=NN=Cc2ccc(CCCCCCC)cc2)cc1. The van der Waals surface area contributed by atoms with Crippen LogP contribution >= 0.6 is 0 Å². The Morgan fingerprint density at radius 3 is 1.81 bits per heavy atom. The summed E-state index contributed by atoms with van der Waals surface area (Å²) < 4.78 is 0. The van der Waals surface area contributed by atoms with E-state index < -0.39 is 0 Å². The third-order valence-corrected chi connectivity index (χ3v) is 4.39. The lowest BCUT2D eigenvalue weighted by molar-refractivity contribution is 0.632. The van der Waals surface area contributed by atoms with Gasteiger partial charge in [0, 0.05) is 0 Å². The van der Waals surface area contributed by atoms with Crippen molar-refractivity contribution in [1.29, 1.82) is 0 Å². The molecule has 0 amide bonds. The molecule has 0 spiro atoms. The molecule has 2 aromatic rings. The number of nitrogens with zero attached hydrogens (tertiary/aromatic N) is 2. The first-order chi connectivity index (χ1) is 12.8. The second-order valence-corrected chi connectivity index (χ2v) is 6.63. The standard InChI is InChI=1S/C24H30N2/c1-3-5-6-7-8-10-22-13-17-24(18-14-22)20-26-25-19-23-15-11-21(9-4-2)12-16-23/h4,11-20H,2-3,5-10H2,1H3. The van der Waals surface area contributed by atoms with Crippen LogP contribution in [-0.2, 0) is 12.8 Å². The second kappa shape index (κ2) is 12.0. The number of hydrogen-bond acceptors (Lipinski definition) is 2. The number of benzene rings is 2. The van der Waals surface area contributed by atoms with Crippen LogP contribution in [0.1, 0.15) is 61.3 Å². The second-order valence-electron chi connectivity index (χ2n) is 6.63. The summed E-state index contributed by atoms with van der Waals surface area (Å²) in [6.07, 6.45) is 14.2. The van der Waals surface area contributed by atoms with E-state index in [1.165, 1.54) is 49.7 Å². The minimum Gasteiger partial charge on any atom is -0.159 e. The highest BCUT2D eigenvalue weighted by Gasteiger charge is 1.95. The predicted molar refractivity (Wildman–Crippen MR) is 114 cm³/mol. The van der Waals surface area contributed by atoms with Gasteiger partial charge in [-0.3, -0.25) is 0 Å². The van der Waals surface area contributed by atoms with Crippen LogP contribution in [0.3, 0.4) is 0 Å². The first-order valence-electron chi connectivity index (χ1n) is 9.67. The average Bonchev–Trinajstić information content (AvgIpc) is 2.68. The molecule has 0 N–H and O–H groups in total. The van der Waals surface area contributed by atoms with Crippen molar-refractivity contribution in [3.8, 4) is 0 Å². The largest absolute Gasteiger partial charge is 0.159 e. The van der Waals surface area contributed by atoms with Crippen LogP contribution in [0.5, 0.6) is 0 Å². The summed E-state index contributed by atoms with van der Waals surface area (Å²) in [5, 5.41) is 8.29. The monoisotopic (exact) mass is 346 g/mol. The molecular formula is C24H30N2. The summed E-state index contributed by atoms with van der Waals surface area (Å²) in [6, 6.07) is 16.9. The molecule has 26 heavy (non-hydrogen) atoms. The number of allylic oxidation sites excluding steroid dienone is 1. The summed E-state index contributed by atoms with van der Waals surface area (Å²) >= 11 is 0. The number of hydrogen-bond donors (Lipinski definition) is 0. The lowest BCUT2D eigenvalue weighted by atomic mass is 10.0. The first-order valence-corrected chi connectivity index (χ1v) is 9.67. The zero-order valence-corrected chi connectivity index (χ0v) is 15.9. The summed E-state index contributed by atoms with van der Waals surface area (Å²) in [4.78, 5) is 0. The maximum Gasteiger partial charge on any atom is 0.0568 e. The van der Waals surface area contributed by atoms with E-state index in [0.29, 0.717) is 0 Å². The van der Waals surface area contributed by atoms with Gasteiger partial charge >= 0.3 is 0 Å². The molecule has 0 saturated carbocycles. The molecule has 2 rings (SSSR count). The van der Waals surface area contributed by atoms with E-state index in [2.05, 4.69) is 60.1 Å². The zero-order valence-electron chi connectivity index (χ0n) is 15.9. The molecule has 2 nitrogen and oxygen atoms in total. The van der Waals surface area contributed by atoms with Gasteiger partial charge in [0.25, 0.3) is 0 Å². The maximum atomic E-state index is 4.15. The Labute approximate surface area is 158 Å². The minimum atomic E-state index is 0.893. The van der Waals surface area contributed by atoms with Crippen LogP contribution in [0.2, 0.25) is 0 Å². The Morgan fingerprint density at radius 2 is 1.27 bits per heavy atom. The average molecular weight is 347 g/mol. The molecule has 0 fully saturated rings. The van der Waals surface area contributed by atoms with Crippen LogP contribution in [0.15, 0.2) is 71.4 Å². The molecule has 0 aliphatic rings. The van der Waals surface area contributed by atoms with Crippen molar-refractivity contribution in [3.05, 3.63) is 83.4 Å². The molecule has 0 atom stereocenters. The van der Waals surface area contributed by atoms with Crippen molar-refractivity contribution in [3.63, 3.8) is 0 Å². The molecule has 2 aromatic carbocycles. The molecule has 0 heterocycles. The van der Waals surface area contributed by atoms with Gasteiger partial charge in [-0.2, -0.15) is 10.2 Å². The molecule has 0 aliphatic heterocycles. The van der Waals surface area contributed by atoms with Gasteiger partial charge in [-0.1, -0.05) is 87.2 Å². The highest BCUT2D eigenvalue weighted by molar-refractivity contribution is 5.82. The van der Waals surface area contributed by atoms with E-state index in [1.807, 2.05) is 18.2 Å². The van der Waals surface area contributed by atoms with Gasteiger partial charge < -0.3 is 0 Å². The number of aryl methyl sites for hydroxylation is 1. The molecule has 0 bridgehead atoms. The number of rotatable bonds is 11. The van der Waals surface area contributed by atoms with E-state index in [9.17, 15) is 0 Å². The van der Waals surface area contributed by atoms with E-state index in [4.69, 9.17) is 0 Å². The van der Waals surface area contributed by atoms with E-state index >= 15 is 0 Å². The van der Waals surface area contributed by atoms with E-state index in [0.717, 1.165) is 17.5 Å². The van der Waals surface area contributed by atoms with Gasteiger partial charge in [0.2, 0.25) is 0 Å². The lowest BCUT2D eigenvalue weighted by Gasteiger charge is -2.02. The number of unbranched alkanes of at least 4 members (excludes halogenated alkanes) is 4. The summed E-state index contributed by atoms with van der Waals surface area (Å²) in [7, 11) is 0. The first kappa shape index (κ1) is 19.8. The van der Waals surface area contributed by atoms with Crippen LogP contribution in [0.25, 0.3) is 0 Å². The molecule has 0 unspecified atom stereocenters. The topological polar surface area (TPSA) is 24.7 Å². The smallest absolute Gasteiger partial charge is 0.0568 e. The zero-order chi connectivity index (χ0) is 18.5. The van der Waals surface area contributed by atoms with E-state index in [-0.39, 0.29) is 0 Å². The highest BCUT2D eigenvalue weighted by Crippen LogP contribution is 2.10. The summed E-state index contributed by atoms with van der Waals surface area (Å²) in [5.74, 6) is 0. The molecule has 0 aromatic heterocycles. The molecule has 2 heteroatoms. The summed E-state index contributed by atoms with van der Waals surface area (Å²) in [5.41, 5.74) is 4.79. The fourth-order valence-corrected chi connectivity index (χ4v) is 2.81. The molecule has 0 aliphatic carbocycles. The Balaban J connectivity index is 1.77. The Morgan fingerprint density at radius 1 is 0.731 bits per heavy atom. The van der Waals surface area contributed by atoms with Crippen molar-refractivity contribution >= 4 is 12.4 Å². The maximum absolute atomic E-state index is 4.15. The van der Waals surface area contributed by atoms with Gasteiger partial charge in [0.05, 0.1) is 12.4 Å². The fourth-order valence-electron chi connectivity index (χ4n) is 2.81. The third-order valence-electron chi connectivity index (χ3n) is 4.39. The Kier molecular flexibility index (Phi) is 9.13. The van der Waals surface area contributed by atoms with Crippen molar-refractivity contribution in [2.24, 2.45) is 10.2 Å². The third kappa shape index (κ3) is 7.60. The summed E-state index contributed by atoms with van der Waals surface area (Å²) in [6.45, 7) is 6.01. The fraction of sp³-hybridized carbons (Fsp3) is 0.333. The van der Waals surface area contributed by atoms with Crippen molar-refractivity contribution in [1.82, 2.24) is 0 Å². The van der Waals surface area contributed by atoms with Gasteiger partial charge in [0.1, 0.15) is 0 Å². The van der Waals surface area contributed by atoms with Gasteiger partial charge in [-0.25, -0.2) is 0 Å². The van der Waals surface area contributed by atoms with Gasteiger partial charge in [0.15, 0.2) is 0 Å². The van der Waals surface area contributed by atoms with E-state index in [1.54, 1.807) is 12.4 Å². The Bertz CT molecular complexity index is 694. The van der Waals surface area contributed by atoms with Crippen molar-refractivity contribution in [2.75, 3.05) is 0 Å². The van der Waals surface area contributed by atoms with Crippen LogP contribution in [0, 0.1) is 0 Å². The lowest BCUT2D eigenvalue weighted by Crippen LogP contribution is -1.88. The molecule has 0 radical (unpaired) electrons. The highest BCUT2D eigenvalue weighted by atomic mass is 15.2. The molecule has 136 valence electrons. The quantitative estimate of drug-likeness (QED) is 0.195. The Hall–Kier alpha value is -2.48. The van der Waals surface area contributed by atoms with Crippen LogP contribution in [-0.4, -0.2) is 12.4 Å². The molecule has 0 saturated heterocycles. The normalized spacial score (nSPS) is 11.4. The minimum absolute atomic E-state index is 0.893. The van der Waals surface area contributed by atoms with Crippen LogP contribution in [0.4, 0.5) is 0 Å². The van der Waals surface area contributed by atoms with Crippen molar-refractivity contribution < 1.29 is 0 Å². The van der Waals surface area contributed by atoms with Crippen molar-refractivity contribution in [2.45, 2.75) is 51.9 Å². The predicted octanol–water partition coefficient (Wildman–Crippen LogP) is 6.38. The van der Waals surface area contributed by atoms with Crippen LogP contribution < -0.4 is 0 Å².